The van der Waals surface area contributed by atoms with Crippen molar-refractivity contribution >= 4 is 57.1 Å². The second kappa shape index (κ2) is 12.2. The number of nitrogens with one attached hydrogen (secondary N) is 1. The number of anilines is 1. The van der Waals surface area contributed by atoms with Gasteiger partial charge in [-0.2, -0.15) is 0 Å². The first kappa shape index (κ1) is 26.0. The van der Waals surface area contributed by atoms with E-state index in [1.54, 1.807) is 31.2 Å². The average Bonchev–Trinajstić information content (AvgIpc) is 2.79. The van der Waals surface area contributed by atoms with E-state index in [4.69, 9.17) is 16.3 Å². The Morgan fingerprint density at radius 2 is 1.76 bits per heavy atom. The van der Waals surface area contributed by atoms with E-state index in [1.165, 1.54) is 37.8 Å². The predicted molar refractivity (Wildman–Crippen MR) is 138 cm³/mol. The molecule has 0 bridgehead atoms. The molecular weight excluding hydrogens is 520 g/mol. The van der Waals surface area contributed by atoms with Crippen LogP contribution in [0.5, 0.6) is 5.75 Å². The first-order chi connectivity index (χ1) is 16.3. The third-order valence-corrected chi connectivity index (χ3v) is 6.27. The Bertz CT molecular complexity index is 1120. The zero-order valence-electron chi connectivity index (χ0n) is 19.3. The van der Waals surface area contributed by atoms with E-state index in [2.05, 4.69) is 28.2 Å². The van der Waals surface area contributed by atoms with Gasteiger partial charge in [0.15, 0.2) is 0 Å². The van der Waals surface area contributed by atoms with Crippen molar-refractivity contribution < 1.29 is 19.1 Å². The van der Waals surface area contributed by atoms with Crippen LogP contribution in [0.3, 0.4) is 0 Å². The molecule has 1 fully saturated rings. The number of nitrogens with zero attached hydrogens (tertiary/aromatic N) is 1. The van der Waals surface area contributed by atoms with Crippen LogP contribution >= 0.6 is 27.5 Å². The standard InChI is InChI=1S/C26H28BrClN2O4/c1-3-4-5-6-7-8-13-34-23-12-10-19(27)14-18(23)15-21-24(31)29-26(33)30(25(21)32)22-16-20(28)11-9-17(22)2/h9-12,14-16H,3-8,13H2,1-2H3,(H,29,31,33)/b21-15+. The molecule has 0 spiro atoms. The largest absolute Gasteiger partial charge is 0.493 e. The molecule has 2 aromatic rings. The zero-order valence-corrected chi connectivity index (χ0v) is 21.7. The number of unbranched alkanes of at least 4 members (excludes halogenated alkanes) is 5. The Morgan fingerprint density at radius 3 is 2.53 bits per heavy atom. The van der Waals surface area contributed by atoms with Crippen molar-refractivity contribution in [2.45, 2.75) is 52.4 Å². The van der Waals surface area contributed by atoms with Crippen LogP contribution in [-0.2, 0) is 9.59 Å². The fourth-order valence-corrected chi connectivity index (χ4v) is 4.23. The van der Waals surface area contributed by atoms with Crippen LogP contribution in [-0.4, -0.2) is 24.5 Å². The highest BCUT2D eigenvalue weighted by Gasteiger charge is 2.37. The third kappa shape index (κ3) is 6.48. The maximum atomic E-state index is 13.3. The van der Waals surface area contributed by atoms with Crippen LogP contribution < -0.4 is 15.0 Å². The van der Waals surface area contributed by atoms with Crippen LogP contribution in [0.25, 0.3) is 6.08 Å². The number of imide groups is 2. The molecule has 1 aliphatic rings. The first-order valence-corrected chi connectivity index (χ1v) is 12.6. The highest BCUT2D eigenvalue weighted by Crippen LogP contribution is 2.30. The minimum atomic E-state index is -0.814. The number of amides is 4. The van der Waals surface area contributed by atoms with Gasteiger partial charge in [0.05, 0.1) is 12.3 Å². The molecule has 1 aliphatic heterocycles. The van der Waals surface area contributed by atoms with Crippen molar-refractivity contribution in [2.75, 3.05) is 11.5 Å². The highest BCUT2D eigenvalue weighted by atomic mass is 79.9. The van der Waals surface area contributed by atoms with Crippen molar-refractivity contribution in [1.29, 1.82) is 0 Å². The van der Waals surface area contributed by atoms with Crippen LogP contribution in [0.4, 0.5) is 10.5 Å². The van der Waals surface area contributed by atoms with Gasteiger partial charge in [-0.05, 0) is 55.3 Å². The van der Waals surface area contributed by atoms with Crippen LogP contribution in [0.15, 0.2) is 46.4 Å². The van der Waals surface area contributed by atoms with Gasteiger partial charge in [0, 0.05) is 15.1 Å². The van der Waals surface area contributed by atoms with Crippen molar-refractivity contribution in [3.8, 4) is 5.75 Å². The molecule has 34 heavy (non-hydrogen) atoms. The number of carbonyl (C=O) groups excluding carboxylic acids is 3. The van der Waals surface area contributed by atoms with Gasteiger partial charge in [0.1, 0.15) is 11.3 Å². The Balaban J connectivity index is 1.84. The monoisotopic (exact) mass is 546 g/mol. The second-order valence-electron chi connectivity index (χ2n) is 8.19. The van der Waals surface area contributed by atoms with Gasteiger partial charge in [-0.1, -0.05) is 72.6 Å². The number of aryl methyl sites for hydroxylation is 1. The number of halogens is 2. The lowest BCUT2D eigenvalue weighted by molar-refractivity contribution is -0.122. The fraction of sp³-hybridized carbons (Fsp3) is 0.346. The van der Waals surface area contributed by atoms with Gasteiger partial charge >= 0.3 is 6.03 Å². The number of urea groups is 1. The number of carbonyl (C=O) groups is 3. The topological polar surface area (TPSA) is 75.7 Å². The quantitative estimate of drug-likeness (QED) is 0.201. The van der Waals surface area contributed by atoms with Gasteiger partial charge in [-0.15, -0.1) is 0 Å². The number of hydrogen-bond acceptors (Lipinski definition) is 4. The van der Waals surface area contributed by atoms with E-state index in [9.17, 15) is 14.4 Å². The first-order valence-electron chi connectivity index (χ1n) is 11.4. The predicted octanol–water partition coefficient (Wildman–Crippen LogP) is 6.82. The molecule has 4 amide bonds. The molecule has 0 aliphatic carbocycles. The molecule has 2 aromatic carbocycles. The Morgan fingerprint density at radius 1 is 1.03 bits per heavy atom. The molecule has 8 heteroatoms. The van der Waals surface area contributed by atoms with Crippen LogP contribution in [0.1, 0.15) is 56.6 Å². The Kier molecular flexibility index (Phi) is 9.30. The summed E-state index contributed by atoms with van der Waals surface area (Å²) in [6.45, 7) is 4.49. The molecule has 0 unspecified atom stereocenters. The molecule has 1 saturated heterocycles. The van der Waals surface area contributed by atoms with Crippen molar-refractivity contribution in [2.24, 2.45) is 0 Å². The van der Waals surface area contributed by atoms with E-state index in [-0.39, 0.29) is 5.57 Å². The Labute approximate surface area is 213 Å². The van der Waals surface area contributed by atoms with Gasteiger partial charge in [0.2, 0.25) is 0 Å². The van der Waals surface area contributed by atoms with E-state index < -0.39 is 17.8 Å². The van der Waals surface area contributed by atoms with Crippen molar-refractivity contribution in [1.82, 2.24) is 5.32 Å². The smallest absolute Gasteiger partial charge is 0.335 e. The number of barbiturate groups is 1. The minimum Gasteiger partial charge on any atom is -0.493 e. The summed E-state index contributed by atoms with van der Waals surface area (Å²) in [7, 11) is 0. The summed E-state index contributed by atoms with van der Waals surface area (Å²) in [5.74, 6) is -0.916. The Hall–Kier alpha value is -2.64. The molecule has 1 N–H and O–H groups in total. The third-order valence-electron chi connectivity index (χ3n) is 5.54. The molecule has 0 radical (unpaired) electrons. The van der Waals surface area contributed by atoms with Gasteiger partial charge in [0.25, 0.3) is 11.8 Å². The summed E-state index contributed by atoms with van der Waals surface area (Å²) in [6.07, 6.45) is 8.32. The van der Waals surface area contributed by atoms with Crippen molar-refractivity contribution in [3.63, 3.8) is 0 Å². The number of rotatable bonds is 10. The number of hydrogen-bond donors (Lipinski definition) is 1. The summed E-state index contributed by atoms with van der Waals surface area (Å²) in [4.78, 5) is 39.4. The normalized spacial score (nSPS) is 15.1. The van der Waals surface area contributed by atoms with E-state index in [0.29, 0.717) is 34.2 Å². The number of benzene rings is 2. The molecule has 1 heterocycles. The fourth-order valence-electron chi connectivity index (χ4n) is 3.68. The number of ether oxygens (including phenoxy) is 1. The summed E-state index contributed by atoms with van der Waals surface area (Å²) < 4.78 is 6.74. The molecular formula is C26H28BrClN2O4. The zero-order chi connectivity index (χ0) is 24.7. The van der Waals surface area contributed by atoms with E-state index >= 15 is 0 Å². The molecule has 3 rings (SSSR count). The van der Waals surface area contributed by atoms with Crippen LogP contribution in [0.2, 0.25) is 5.02 Å². The summed E-state index contributed by atoms with van der Waals surface area (Å²) in [5.41, 5.74) is 1.40. The lowest BCUT2D eigenvalue weighted by atomic mass is 10.0. The van der Waals surface area contributed by atoms with E-state index in [1.807, 2.05) is 6.07 Å². The molecule has 180 valence electrons. The van der Waals surface area contributed by atoms with Gasteiger partial charge in [-0.3, -0.25) is 14.9 Å². The minimum absolute atomic E-state index is 0.165. The van der Waals surface area contributed by atoms with E-state index in [0.717, 1.165) is 22.2 Å². The average molecular weight is 548 g/mol. The van der Waals surface area contributed by atoms with Crippen molar-refractivity contribution in [3.05, 3.63) is 62.6 Å². The highest BCUT2D eigenvalue weighted by molar-refractivity contribution is 9.10. The maximum absolute atomic E-state index is 13.3. The molecule has 6 nitrogen and oxygen atoms in total. The van der Waals surface area contributed by atoms with Crippen LogP contribution in [0, 0.1) is 6.92 Å². The SMILES string of the molecule is CCCCCCCCOc1ccc(Br)cc1/C=C1\C(=O)NC(=O)N(c2cc(Cl)ccc2C)C1=O. The lowest BCUT2D eigenvalue weighted by Gasteiger charge is -2.27. The molecule has 0 aromatic heterocycles. The lowest BCUT2D eigenvalue weighted by Crippen LogP contribution is -2.54. The summed E-state index contributed by atoms with van der Waals surface area (Å²) >= 11 is 9.52. The molecule has 0 atom stereocenters. The maximum Gasteiger partial charge on any atom is 0.335 e. The van der Waals surface area contributed by atoms with Gasteiger partial charge < -0.3 is 4.74 Å². The molecule has 0 saturated carbocycles. The summed E-state index contributed by atoms with van der Waals surface area (Å²) in [5, 5.41) is 2.63. The second-order valence-corrected chi connectivity index (χ2v) is 9.54. The van der Waals surface area contributed by atoms with Gasteiger partial charge in [-0.25, -0.2) is 9.69 Å². The summed E-state index contributed by atoms with van der Waals surface area (Å²) in [6, 6.07) is 9.50.